The van der Waals surface area contributed by atoms with Gasteiger partial charge in [-0.05, 0) is 57.5 Å². The van der Waals surface area contributed by atoms with Crippen LogP contribution in [0, 0.1) is 20.8 Å². The number of halogens is 3. The summed E-state index contributed by atoms with van der Waals surface area (Å²) in [6.45, 7) is 7.41. The molecule has 12 heteroatoms. The van der Waals surface area contributed by atoms with Crippen molar-refractivity contribution >= 4 is 5.97 Å². The summed E-state index contributed by atoms with van der Waals surface area (Å²) in [6.07, 6.45) is -2.90. The molecule has 0 N–H and O–H groups in total. The summed E-state index contributed by atoms with van der Waals surface area (Å²) in [5.41, 5.74) is 5.28. The van der Waals surface area contributed by atoms with Crippen LogP contribution in [0.5, 0.6) is 5.75 Å². The normalized spacial score (nSPS) is 11.6. The van der Waals surface area contributed by atoms with Crippen LogP contribution in [0.15, 0.2) is 36.7 Å². The molecule has 0 saturated heterocycles. The van der Waals surface area contributed by atoms with Gasteiger partial charge in [0.05, 0.1) is 29.4 Å². The van der Waals surface area contributed by atoms with Crippen molar-refractivity contribution in [3.05, 3.63) is 70.6 Å². The van der Waals surface area contributed by atoms with Gasteiger partial charge in [0.2, 0.25) is 0 Å². The van der Waals surface area contributed by atoms with Crippen LogP contribution in [0.2, 0.25) is 0 Å². The number of ether oxygens (including phenoxy) is 2. The molecule has 0 atom stereocenters. The molecule has 0 bridgehead atoms. The van der Waals surface area contributed by atoms with Gasteiger partial charge in [-0.3, -0.25) is 4.68 Å². The van der Waals surface area contributed by atoms with E-state index in [0.29, 0.717) is 46.1 Å². The number of carbonyl (C=O) groups is 1. The zero-order valence-electron chi connectivity index (χ0n) is 20.9. The number of aromatic nitrogens is 6. The van der Waals surface area contributed by atoms with Crippen molar-refractivity contribution in [2.75, 3.05) is 6.61 Å². The van der Waals surface area contributed by atoms with Gasteiger partial charge in [0.25, 0.3) is 0 Å². The minimum atomic E-state index is -4.75. The SMILES string of the molecule is CCOC(=O)c1c(C)nn(-c2cc(Cc3c(C)c(-c4ccc(OC(F)(F)F)cc4)nn3C)ncn2)c1C. The molecule has 4 aromatic rings. The lowest BCUT2D eigenvalue weighted by Crippen LogP contribution is -2.16. The summed E-state index contributed by atoms with van der Waals surface area (Å²) in [6, 6.07) is 7.36. The Kier molecular flexibility index (Phi) is 7.01. The maximum absolute atomic E-state index is 12.5. The molecule has 9 nitrogen and oxygen atoms in total. The highest BCUT2D eigenvalue weighted by Gasteiger charge is 2.31. The Bertz CT molecular complexity index is 1440. The quantitative estimate of drug-likeness (QED) is 0.331. The van der Waals surface area contributed by atoms with Gasteiger partial charge in [-0.25, -0.2) is 19.4 Å². The van der Waals surface area contributed by atoms with Gasteiger partial charge in [-0.15, -0.1) is 13.2 Å². The first kappa shape index (κ1) is 25.9. The van der Waals surface area contributed by atoms with E-state index in [1.807, 2.05) is 6.92 Å². The summed E-state index contributed by atoms with van der Waals surface area (Å²) in [4.78, 5) is 21.0. The number of rotatable bonds is 7. The lowest BCUT2D eigenvalue weighted by Gasteiger charge is -2.09. The molecule has 0 aliphatic heterocycles. The Balaban J connectivity index is 1.61. The van der Waals surface area contributed by atoms with Gasteiger partial charge in [-0.1, -0.05) is 0 Å². The van der Waals surface area contributed by atoms with E-state index >= 15 is 0 Å². The molecule has 37 heavy (non-hydrogen) atoms. The first-order valence-corrected chi connectivity index (χ1v) is 11.4. The maximum Gasteiger partial charge on any atom is 0.573 e. The molecule has 1 aromatic carbocycles. The molecule has 3 heterocycles. The molecule has 0 saturated carbocycles. The number of nitrogens with zero attached hydrogens (tertiary/aromatic N) is 6. The Labute approximate surface area is 210 Å². The van der Waals surface area contributed by atoms with Gasteiger partial charge >= 0.3 is 12.3 Å². The molecule has 0 aliphatic rings. The van der Waals surface area contributed by atoms with Crippen LogP contribution in [0.3, 0.4) is 0 Å². The highest BCUT2D eigenvalue weighted by atomic mass is 19.4. The van der Waals surface area contributed by atoms with E-state index < -0.39 is 12.3 Å². The van der Waals surface area contributed by atoms with Crippen LogP contribution < -0.4 is 4.74 Å². The maximum atomic E-state index is 12.5. The first-order valence-electron chi connectivity index (χ1n) is 11.4. The minimum Gasteiger partial charge on any atom is -0.462 e. The van der Waals surface area contributed by atoms with Crippen molar-refractivity contribution in [3.63, 3.8) is 0 Å². The second-order valence-electron chi connectivity index (χ2n) is 8.34. The van der Waals surface area contributed by atoms with E-state index in [4.69, 9.17) is 4.74 Å². The van der Waals surface area contributed by atoms with Crippen molar-refractivity contribution in [3.8, 4) is 22.8 Å². The van der Waals surface area contributed by atoms with Crippen molar-refractivity contribution in [2.24, 2.45) is 7.05 Å². The molecule has 0 fully saturated rings. The van der Waals surface area contributed by atoms with Crippen LogP contribution in [-0.4, -0.2) is 48.5 Å². The smallest absolute Gasteiger partial charge is 0.462 e. The Morgan fingerprint density at radius 3 is 2.41 bits per heavy atom. The number of benzene rings is 1. The largest absolute Gasteiger partial charge is 0.573 e. The van der Waals surface area contributed by atoms with Gasteiger partial charge in [0, 0.05) is 30.8 Å². The Morgan fingerprint density at radius 1 is 1.05 bits per heavy atom. The molecule has 4 rings (SSSR count). The fourth-order valence-corrected chi connectivity index (χ4v) is 4.13. The van der Waals surface area contributed by atoms with Gasteiger partial charge in [0.15, 0.2) is 5.82 Å². The average Bonchev–Trinajstić information content (AvgIpc) is 3.28. The summed E-state index contributed by atoms with van der Waals surface area (Å²) in [7, 11) is 1.79. The van der Waals surface area contributed by atoms with Crippen molar-refractivity contribution in [2.45, 2.75) is 40.5 Å². The fourth-order valence-electron chi connectivity index (χ4n) is 4.13. The zero-order chi connectivity index (χ0) is 26.9. The standard InChI is InChI=1S/C25H25F3N6O3/c1-6-36-24(35)22-15(3)31-34(16(22)4)21-12-18(29-13-30-21)11-20-14(2)23(32-33(20)5)17-7-9-19(10-8-17)37-25(26,27)28/h7-10,12-13H,6,11H2,1-5H3. The third kappa shape index (κ3) is 5.47. The number of hydrogen-bond donors (Lipinski definition) is 0. The number of alkyl halides is 3. The second-order valence-corrected chi connectivity index (χ2v) is 8.34. The minimum absolute atomic E-state index is 0.262. The molecule has 0 amide bonds. The number of esters is 1. The van der Waals surface area contributed by atoms with Gasteiger partial charge in [-0.2, -0.15) is 10.2 Å². The van der Waals surface area contributed by atoms with Gasteiger partial charge in [0.1, 0.15) is 17.6 Å². The second kappa shape index (κ2) is 10.0. The van der Waals surface area contributed by atoms with E-state index in [0.717, 1.165) is 11.3 Å². The predicted molar refractivity (Wildman–Crippen MR) is 127 cm³/mol. The van der Waals surface area contributed by atoms with Crippen LogP contribution in [0.4, 0.5) is 13.2 Å². The van der Waals surface area contributed by atoms with Crippen LogP contribution >= 0.6 is 0 Å². The van der Waals surface area contributed by atoms with Crippen molar-refractivity contribution in [1.82, 2.24) is 29.5 Å². The zero-order valence-corrected chi connectivity index (χ0v) is 20.9. The lowest BCUT2D eigenvalue weighted by atomic mass is 10.0. The molecule has 0 aliphatic carbocycles. The highest BCUT2D eigenvalue weighted by molar-refractivity contribution is 5.92. The van der Waals surface area contributed by atoms with E-state index in [2.05, 4.69) is 24.9 Å². The first-order chi connectivity index (χ1) is 17.5. The number of aryl methyl sites for hydroxylation is 2. The van der Waals surface area contributed by atoms with E-state index in [-0.39, 0.29) is 12.4 Å². The molecular weight excluding hydrogens is 489 g/mol. The summed E-state index contributed by atoms with van der Waals surface area (Å²) in [5.74, 6) is -0.232. The molecule has 0 spiro atoms. The third-order valence-electron chi connectivity index (χ3n) is 5.84. The Morgan fingerprint density at radius 2 is 1.76 bits per heavy atom. The van der Waals surface area contributed by atoms with E-state index in [1.165, 1.54) is 30.6 Å². The molecule has 194 valence electrons. The summed E-state index contributed by atoms with van der Waals surface area (Å²) >= 11 is 0. The number of carbonyl (C=O) groups excluding carboxylic acids is 1. The van der Waals surface area contributed by atoms with E-state index in [9.17, 15) is 18.0 Å². The monoisotopic (exact) mass is 514 g/mol. The van der Waals surface area contributed by atoms with Crippen LogP contribution in [0.1, 0.15) is 45.6 Å². The van der Waals surface area contributed by atoms with Crippen LogP contribution in [-0.2, 0) is 18.2 Å². The molecule has 0 radical (unpaired) electrons. The highest BCUT2D eigenvalue weighted by Crippen LogP contribution is 2.29. The lowest BCUT2D eigenvalue weighted by molar-refractivity contribution is -0.274. The Hall–Kier alpha value is -4.22. The van der Waals surface area contributed by atoms with Crippen molar-refractivity contribution in [1.29, 1.82) is 0 Å². The van der Waals surface area contributed by atoms with Crippen LogP contribution in [0.25, 0.3) is 17.1 Å². The topological polar surface area (TPSA) is 96.9 Å². The van der Waals surface area contributed by atoms with Gasteiger partial charge < -0.3 is 9.47 Å². The number of hydrogen-bond acceptors (Lipinski definition) is 7. The average molecular weight is 515 g/mol. The molecule has 0 unspecified atom stereocenters. The fraction of sp³-hybridized carbons (Fsp3) is 0.320. The molecule has 3 aromatic heterocycles. The third-order valence-corrected chi connectivity index (χ3v) is 5.84. The van der Waals surface area contributed by atoms with E-state index in [1.54, 1.807) is 43.2 Å². The van der Waals surface area contributed by atoms with Crippen molar-refractivity contribution < 1.29 is 27.4 Å². The summed E-state index contributed by atoms with van der Waals surface area (Å²) < 4.78 is 49.8. The predicted octanol–water partition coefficient (Wildman–Crippen LogP) is 4.65. The summed E-state index contributed by atoms with van der Waals surface area (Å²) in [5, 5.41) is 9.04. The molecular formula is C25H25F3N6O3.